The van der Waals surface area contributed by atoms with Crippen LogP contribution in [0.25, 0.3) is 0 Å². The lowest BCUT2D eigenvalue weighted by atomic mass is 10.1. The molecule has 0 atom stereocenters. The van der Waals surface area contributed by atoms with Crippen LogP contribution in [0.4, 0.5) is 5.69 Å². The molecule has 0 saturated heterocycles. The van der Waals surface area contributed by atoms with Crippen LogP contribution in [-0.4, -0.2) is 40.2 Å². The van der Waals surface area contributed by atoms with Crippen molar-refractivity contribution in [2.24, 2.45) is 0 Å². The van der Waals surface area contributed by atoms with Crippen molar-refractivity contribution in [2.75, 3.05) is 33.7 Å². The van der Waals surface area contributed by atoms with Crippen LogP contribution in [0.3, 0.4) is 0 Å². The largest absolute Gasteiger partial charge is 0.496 e. The number of methoxy groups -OCH3 is 3. The molecule has 0 saturated carbocycles. The topological polar surface area (TPSA) is 99.0 Å². The summed E-state index contributed by atoms with van der Waals surface area (Å²) in [6.07, 6.45) is 0.357. The van der Waals surface area contributed by atoms with E-state index in [9.17, 15) is 9.59 Å². The summed E-state index contributed by atoms with van der Waals surface area (Å²) in [6.45, 7) is 0. The summed E-state index contributed by atoms with van der Waals surface area (Å²) in [5.41, 5.74) is 1.70. The maximum Gasteiger partial charge on any atom is 0.291 e. The van der Waals surface area contributed by atoms with Crippen LogP contribution in [0.1, 0.15) is 32.2 Å². The van der Waals surface area contributed by atoms with Gasteiger partial charge in [0.1, 0.15) is 23.0 Å². The Bertz CT molecular complexity index is 1060. The van der Waals surface area contributed by atoms with E-state index in [1.54, 1.807) is 76.9 Å². The molecule has 0 spiro atoms. The summed E-state index contributed by atoms with van der Waals surface area (Å²) in [7, 11) is 6.23. The number of furan rings is 1. The van der Waals surface area contributed by atoms with Crippen LogP contribution in [0.2, 0.25) is 0 Å². The molecule has 2 N–H and O–H groups in total. The van der Waals surface area contributed by atoms with Gasteiger partial charge in [0.15, 0.2) is 5.76 Å². The van der Waals surface area contributed by atoms with Gasteiger partial charge in [-0.15, -0.1) is 0 Å². The molecular formula is C23H24N2O6. The van der Waals surface area contributed by atoms with Crippen molar-refractivity contribution in [3.63, 3.8) is 0 Å². The van der Waals surface area contributed by atoms with Crippen LogP contribution in [-0.2, 0) is 6.42 Å². The molecule has 2 aromatic carbocycles. The molecule has 2 amide bonds. The standard InChI is InChI=1S/C23H24N2O6/c1-24-22(26)14-6-5-7-15(10-14)25-23(27)19-9-8-16(31-19)11-18-20(29-3)12-17(28-2)13-21(18)30-4/h5-10,12-13H,11H2,1-4H3,(H,24,26)(H,25,27). The average molecular weight is 424 g/mol. The fraction of sp³-hybridized carbons (Fsp3) is 0.217. The molecule has 1 heterocycles. The van der Waals surface area contributed by atoms with Crippen LogP contribution < -0.4 is 24.8 Å². The quantitative estimate of drug-likeness (QED) is 0.574. The fourth-order valence-electron chi connectivity index (χ4n) is 3.10. The second kappa shape index (κ2) is 9.71. The van der Waals surface area contributed by atoms with E-state index < -0.39 is 5.91 Å². The third kappa shape index (κ3) is 4.98. The first-order chi connectivity index (χ1) is 15.0. The van der Waals surface area contributed by atoms with E-state index in [0.29, 0.717) is 40.7 Å². The van der Waals surface area contributed by atoms with E-state index in [2.05, 4.69) is 10.6 Å². The number of benzene rings is 2. The van der Waals surface area contributed by atoms with E-state index in [0.717, 1.165) is 5.56 Å². The molecule has 0 bridgehead atoms. The van der Waals surface area contributed by atoms with Gasteiger partial charge in [0.2, 0.25) is 0 Å². The highest BCUT2D eigenvalue weighted by Gasteiger charge is 2.18. The smallest absolute Gasteiger partial charge is 0.291 e. The Morgan fingerprint density at radius 2 is 1.61 bits per heavy atom. The Kier molecular flexibility index (Phi) is 6.81. The van der Waals surface area contributed by atoms with Gasteiger partial charge in [0.05, 0.1) is 21.3 Å². The SMILES string of the molecule is CNC(=O)c1cccc(NC(=O)c2ccc(Cc3c(OC)cc(OC)cc3OC)o2)c1. The predicted molar refractivity (Wildman–Crippen MR) is 115 cm³/mol. The molecule has 0 aliphatic rings. The summed E-state index contributed by atoms with van der Waals surface area (Å²) in [4.78, 5) is 24.4. The number of rotatable bonds is 8. The lowest BCUT2D eigenvalue weighted by Crippen LogP contribution is -2.18. The monoisotopic (exact) mass is 424 g/mol. The van der Waals surface area contributed by atoms with Gasteiger partial charge >= 0.3 is 0 Å². The maximum atomic E-state index is 12.6. The van der Waals surface area contributed by atoms with Crippen LogP contribution >= 0.6 is 0 Å². The Balaban J connectivity index is 1.78. The number of nitrogens with one attached hydrogen (secondary N) is 2. The van der Waals surface area contributed by atoms with Crippen molar-refractivity contribution in [1.82, 2.24) is 5.32 Å². The second-order valence-corrected chi connectivity index (χ2v) is 6.57. The number of carbonyl (C=O) groups is 2. The summed E-state index contributed by atoms with van der Waals surface area (Å²) >= 11 is 0. The molecule has 0 aliphatic carbocycles. The first kappa shape index (κ1) is 21.8. The highest BCUT2D eigenvalue weighted by Crippen LogP contribution is 2.35. The third-order valence-electron chi connectivity index (χ3n) is 4.66. The van der Waals surface area contributed by atoms with Crippen molar-refractivity contribution < 1.29 is 28.2 Å². The van der Waals surface area contributed by atoms with E-state index >= 15 is 0 Å². The first-order valence-corrected chi connectivity index (χ1v) is 9.50. The lowest BCUT2D eigenvalue weighted by Gasteiger charge is -2.14. The van der Waals surface area contributed by atoms with E-state index in [4.69, 9.17) is 18.6 Å². The number of anilines is 1. The molecule has 1 aromatic heterocycles. The molecule has 3 rings (SSSR count). The predicted octanol–water partition coefficient (Wildman–Crippen LogP) is 3.51. The summed E-state index contributed by atoms with van der Waals surface area (Å²) in [5, 5.41) is 5.28. The first-order valence-electron chi connectivity index (χ1n) is 9.50. The van der Waals surface area contributed by atoms with Crippen molar-refractivity contribution in [2.45, 2.75) is 6.42 Å². The normalized spacial score (nSPS) is 10.3. The van der Waals surface area contributed by atoms with Crippen molar-refractivity contribution in [3.8, 4) is 17.2 Å². The number of carbonyl (C=O) groups excluding carboxylic acids is 2. The number of ether oxygens (including phenoxy) is 3. The van der Waals surface area contributed by atoms with Gasteiger partial charge in [-0.3, -0.25) is 9.59 Å². The minimum atomic E-state index is -0.422. The summed E-state index contributed by atoms with van der Waals surface area (Å²) < 4.78 is 21.9. The molecule has 3 aromatic rings. The third-order valence-corrected chi connectivity index (χ3v) is 4.66. The zero-order valence-corrected chi connectivity index (χ0v) is 17.8. The van der Waals surface area contributed by atoms with E-state index in [1.165, 1.54) is 0 Å². The Morgan fingerprint density at radius 3 is 2.23 bits per heavy atom. The van der Waals surface area contributed by atoms with Gasteiger partial charge in [0, 0.05) is 42.4 Å². The molecule has 0 aliphatic heterocycles. The molecule has 31 heavy (non-hydrogen) atoms. The van der Waals surface area contributed by atoms with Crippen LogP contribution in [0.5, 0.6) is 17.2 Å². The fourth-order valence-corrected chi connectivity index (χ4v) is 3.10. The van der Waals surface area contributed by atoms with Crippen LogP contribution in [0.15, 0.2) is 52.9 Å². The highest BCUT2D eigenvalue weighted by molar-refractivity contribution is 6.03. The summed E-state index contributed by atoms with van der Waals surface area (Å²) in [5.74, 6) is 1.83. The lowest BCUT2D eigenvalue weighted by molar-refractivity contribution is 0.0960. The van der Waals surface area contributed by atoms with Gasteiger partial charge < -0.3 is 29.3 Å². The number of hydrogen-bond donors (Lipinski definition) is 2. The Labute approximate surface area is 180 Å². The van der Waals surface area contributed by atoms with Gasteiger partial charge in [0.25, 0.3) is 11.8 Å². The average Bonchev–Trinajstić information content (AvgIpc) is 3.27. The van der Waals surface area contributed by atoms with Crippen molar-refractivity contribution in [1.29, 1.82) is 0 Å². The van der Waals surface area contributed by atoms with Gasteiger partial charge in [-0.05, 0) is 30.3 Å². The molecule has 0 unspecified atom stereocenters. The van der Waals surface area contributed by atoms with Gasteiger partial charge in [-0.1, -0.05) is 6.07 Å². The minimum absolute atomic E-state index is 0.145. The summed E-state index contributed by atoms with van der Waals surface area (Å²) in [6, 6.07) is 13.5. The zero-order valence-electron chi connectivity index (χ0n) is 17.8. The van der Waals surface area contributed by atoms with E-state index in [1.807, 2.05) is 0 Å². The van der Waals surface area contributed by atoms with Gasteiger partial charge in [-0.25, -0.2) is 0 Å². The van der Waals surface area contributed by atoms with Crippen LogP contribution in [0, 0.1) is 0 Å². The molecular weight excluding hydrogens is 400 g/mol. The molecule has 162 valence electrons. The maximum absolute atomic E-state index is 12.6. The zero-order chi connectivity index (χ0) is 22.4. The molecule has 8 heteroatoms. The van der Waals surface area contributed by atoms with E-state index in [-0.39, 0.29) is 11.7 Å². The van der Waals surface area contributed by atoms with Gasteiger partial charge in [-0.2, -0.15) is 0 Å². The Hall–Kier alpha value is -3.94. The Morgan fingerprint density at radius 1 is 0.903 bits per heavy atom. The van der Waals surface area contributed by atoms with Crippen molar-refractivity contribution in [3.05, 3.63) is 71.2 Å². The second-order valence-electron chi connectivity index (χ2n) is 6.57. The highest BCUT2D eigenvalue weighted by atomic mass is 16.5. The minimum Gasteiger partial charge on any atom is -0.496 e. The number of amides is 2. The number of hydrogen-bond acceptors (Lipinski definition) is 6. The molecule has 0 radical (unpaired) electrons. The molecule has 0 fully saturated rings. The molecule has 8 nitrogen and oxygen atoms in total. The van der Waals surface area contributed by atoms with Crippen molar-refractivity contribution >= 4 is 17.5 Å².